The minimum absolute atomic E-state index is 0.00792. The van der Waals surface area contributed by atoms with E-state index in [1.165, 1.54) is 4.31 Å². The van der Waals surface area contributed by atoms with E-state index in [9.17, 15) is 21.6 Å². The standard InChI is InChI=1S/C13H25N3O5S2/c1-3-23(20,21)16-7-5-15(6-8-16)11(2)13(17)14-12-4-9-22(18,19)10-12/h11-12H,3-10H2,1-2H3,(H,14,17). The molecule has 2 saturated heterocycles. The third kappa shape index (κ3) is 4.65. The molecular formula is C13H25N3O5S2. The van der Waals surface area contributed by atoms with Crippen molar-refractivity contribution < 1.29 is 21.6 Å². The zero-order chi connectivity index (χ0) is 17.3. The van der Waals surface area contributed by atoms with Gasteiger partial charge in [-0.2, -0.15) is 4.31 Å². The highest BCUT2D eigenvalue weighted by atomic mass is 32.2. The Balaban J connectivity index is 1.85. The predicted octanol–water partition coefficient (Wildman–Crippen LogP) is -1.35. The molecule has 2 atom stereocenters. The molecule has 2 unspecified atom stereocenters. The van der Waals surface area contributed by atoms with Crippen LogP contribution in [0.2, 0.25) is 0 Å². The first-order valence-electron chi connectivity index (χ1n) is 7.87. The van der Waals surface area contributed by atoms with Crippen LogP contribution in [0.1, 0.15) is 20.3 Å². The molecule has 0 saturated carbocycles. The lowest BCUT2D eigenvalue weighted by Crippen LogP contribution is -2.56. The molecule has 2 fully saturated rings. The molecule has 2 aliphatic rings. The molecule has 2 rings (SSSR count). The van der Waals surface area contributed by atoms with Gasteiger partial charge in [-0.05, 0) is 20.3 Å². The van der Waals surface area contributed by atoms with Gasteiger partial charge < -0.3 is 5.32 Å². The van der Waals surface area contributed by atoms with Gasteiger partial charge >= 0.3 is 0 Å². The lowest BCUT2D eigenvalue weighted by atomic mass is 10.2. The maximum Gasteiger partial charge on any atom is 0.237 e. The number of hydrogen-bond acceptors (Lipinski definition) is 6. The quantitative estimate of drug-likeness (QED) is 0.644. The molecular weight excluding hydrogens is 342 g/mol. The van der Waals surface area contributed by atoms with Crippen molar-refractivity contribution in [3.05, 3.63) is 0 Å². The van der Waals surface area contributed by atoms with E-state index in [1.807, 2.05) is 4.90 Å². The molecule has 0 aromatic carbocycles. The number of carbonyl (C=O) groups excluding carboxylic acids is 1. The monoisotopic (exact) mass is 367 g/mol. The molecule has 2 aliphatic heterocycles. The van der Waals surface area contributed by atoms with E-state index in [0.29, 0.717) is 32.6 Å². The van der Waals surface area contributed by atoms with E-state index in [2.05, 4.69) is 5.32 Å². The van der Waals surface area contributed by atoms with E-state index < -0.39 is 25.9 Å². The van der Waals surface area contributed by atoms with Crippen molar-refractivity contribution >= 4 is 25.8 Å². The Bertz CT molecular complexity index is 639. The van der Waals surface area contributed by atoms with Crippen LogP contribution in [0.3, 0.4) is 0 Å². The molecule has 0 aromatic rings. The van der Waals surface area contributed by atoms with Crippen molar-refractivity contribution in [3.8, 4) is 0 Å². The van der Waals surface area contributed by atoms with E-state index in [-0.39, 0.29) is 29.2 Å². The van der Waals surface area contributed by atoms with Gasteiger partial charge in [-0.15, -0.1) is 0 Å². The Morgan fingerprint density at radius 3 is 2.35 bits per heavy atom. The maximum absolute atomic E-state index is 12.3. The molecule has 23 heavy (non-hydrogen) atoms. The van der Waals surface area contributed by atoms with Crippen molar-refractivity contribution in [2.24, 2.45) is 0 Å². The highest BCUT2D eigenvalue weighted by molar-refractivity contribution is 7.91. The third-order valence-electron chi connectivity index (χ3n) is 4.54. The number of rotatable bonds is 5. The van der Waals surface area contributed by atoms with Gasteiger partial charge in [0, 0.05) is 32.2 Å². The fourth-order valence-corrected chi connectivity index (χ4v) is 5.71. The van der Waals surface area contributed by atoms with E-state index in [0.717, 1.165) is 0 Å². The van der Waals surface area contributed by atoms with Gasteiger partial charge in [-0.1, -0.05) is 0 Å². The Hall–Kier alpha value is -0.710. The number of carbonyl (C=O) groups is 1. The minimum atomic E-state index is -3.18. The largest absolute Gasteiger partial charge is 0.351 e. The van der Waals surface area contributed by atoms with Gasteiger partial charge in [-0.3, -0.25) is 9.69 Å². The Morgan fingerprint density at radius 2 is 1.87 bits per heavy atom. The van der Waals surface area contributed by atoms with Crippen molar-refractivity contribution in [3.63, 3.8) is 0 Å². The van der Waals surface area contributed by atoms with Crippen LogP contribution in [0.5, 0.6) is 0 Å². The fraction of sp³-hybridized carbons (Fsp3) is 0.923. The lowest BCUT2D eigenvalue weighted by Gasteiger charge is -2.36. The molecule has 0 aromatic heterocycles. The zero-order valence-electron chi connectivity index (χ0n) is 13.6. The van der Waals surface area contributed by atoms with Crippen LogP contribution in [0.25, 0.3) is 0 Å². The first-order chi connectivity index (χ1) is 10.6. The summed E-state index contributed by atoms with van der Waals surface area (Å²) in [7, 11) is -6.20. The third-order valence-corrected chi connectivity index (χ3v) is 8.19. The molecule has 2 heterocycles. The van der Waals surface area contributed by atoms with Crippen LogP contribution in [0.15, 0.2) is 0 Å². The molecule has 0 aliphatic carbocycles. The molecule has 0 spiro atoms. The van der Waals surface area contributed by atoms with Crippen molar-refractivity contribution in [1.29, 1.82) is 0 Å². The smallest absolute Gasteiger partial charge is 0.237 e. The SMILES string of the molecule is CCS(=O)(=O)N1CCN(C(C)C(=O)NC2CCS(=O)(=O)C2)CC1. The molecule has 0 bridgehead atoms. The summed E-state index contributed by atoms with van der Waals surface area (Å²) in [5, 5.41) is 2.79. The summed E-state index contributed by atoms with van der Waals surface area (Å²) >= 11 is 0. The van der Waals surface area contributed by atoms with Gasteiger partial charge in [0.25, 0.3) is 0 Å². The van der Waals surface area contributed by atoms with Crippen LogP contribution in [0.4, 0.5) is 0 Å². The van der Waals surface area contributed by atoms with Crippen LogP contribution in [-0.4, -0.2) is 87.5 Å². The number of nitrogens with zero attached hydrogens (tertiary/aromatic N) is 2. The number of nitrogens with one attached hydrogen (secondary N) is 1. The number of hydrogen-bond donors (Lipinski definition) is 1. The first kappa shape index (κ1) is 18.6. The first-order valence-corrected chi connectivity index (χ1v) is 11.3. The van der Waals surface area contributed by atoms with E-state index in [4.69, 9.17) is 0 Å². The summed E-state index contributed by atoms with van der Waals surface area (Å²) in [6.07, 6.45) is 0.462. The Labute approximate surface area is 138 Å². The average molecular weight is 367 g/mol. The van der Waals surface area contributed by atoms with Gasteiger partial charge in [0.15, 0.2) is 9.84 Å². The highest BCUT2D eigenvalue weighted by Gasteiger charge is 2.33. The van der Waals surface area contributed by atoms with Gasteiger partial charge in [0.1, 0.15) is 0 Å². The summed E-state index contributed by atoms with van der Waals surface area (Å²) in [6, 6.07) is -0.707. The van der Waals surface area contributed by atoms with Crippen molar-refractivity contribution in [2.75, 3.05) is 43.4 Å². The van der Waals surface area contributed by atoms with Gasteiger partial charge in [0.2, 0.25) is 15.9 Å². The minimum Gasteiger partial charge on any atom is -0.351 e. The summed E-state index contributed by atoms with van der Waals surface area (Å²) < 4.78 is 48.0. The second kappa shape index (κ2) is 7.04. The molecule has 1 amide bonds. The van der Waals surface area contributed by atoms with Crippen LogP contribution < -0.4 is 5.32 Å². The number of amides is 1. The average Bonchev–Trinajstić information content (AvgIpc) is 2.85. The number of piperazine rings is 1. The topological polar surface area (TPSA) is 104 Å². The van der Waals surface area contributed by atoms with Crippen LogP contribution in [0, 0.1) is 0 Å². The van der Waals surface area contributed by atoms with E-state index >= 15 is 0 Å². The molecule has 134 valence electrons. The predicted molar refractivity (Wildman–Crippen MR) is 87.3 cm³/mol. The molecule has 8 nitrogen and oxygen atoms in total. The highest BCUT2D eigenvalue weighted by Crippen LogP contribution is 2.14. The van der Waals surface area contributed by atoms with Crippen molar-refractivity contribution in [1.82, 2.24) is 14.5 Å². The Kier molecular flexibility index (Phi) is 5.70. The van der Waals surface area contributed by atoms with Gasteiger partial charge in [-0.25, -0.2) is 16.8 Å². The second-order valence-electron chi connectivity index (χ2n) is 6.12. The second-order valence-corrected chi connectivity index (χ2v) is 10.6. The fourth-order valence-electron chi connectivity index (χ4n) is 2.95. The maximum atomic E-state index is 12.3. The summed E-state index contributed by atoms with van der Waals surface area (Å²) in [5.41, 5.74) is 0. The molecule has 10 heteroatoms. The van der Waals surface area contributed by atoms with Gasteiger partial charge in [0.05, 0.1) is 23.3 Å². The van der Waals surface area contributed by atoms with E-state index in [1.54, 1.807) is 13.8 Å². The lowest BCUT2D eigenvalue weighted by molar-refractivity contribution is -0.126. The number of sulfone groups is 1. The molecule has 0 radical (unpaired) electrons. The summed E-state index contributed by atoms with van der Waals surface area (Å²) in [4.78, 5) is 14.2. The van der Waals surface area contributed by atoms with Crippen molar-refractivity contribution in [2.45, 2.75) is 32.4 Å². The number of sulfonamides is 1. The molecule has 1 N–H and O–H groups in total. The Morgan fingerprint density at radius 1 is 1.26 bits per heavy atom. The summed E-state index contributed by atoms with van der Waals surface area (Å²) in [5.74, 6) is 0.0199. The summed E-state index contributed by atoms with van der Waals surface area (Å²) in [6.45, 7) is 5.14. The zero-order valence-corrected chi connectivity index (χ0v) is 15.2. The van der Waals surface area contributed by atoms with Crippen LogP contribution in [-0.2, 0) is 24.7 Å². The normalized spacial score (nSPS) is 27.7. The van der Waals surface area contributed by atoms with Crippen LogP contribution >= 0.6 is 0 Å².